The molecule has 0 aromatic heterocycles. The predicted molar refractivity (Wildman–Crippen MR) is 83.1 cm³/mol. The van der Waals surface area contributed by atoms with E-state index in [1.54, 1.807) is 0 Å². The van der Waals surface area contributed by atoms with Gasteiger partial charge < -0.3 is 10.2 Å². The van der Waals surface area contributed by atoms with Crippen LogP contribution in [0.3, 0.4) is 0 Å². The first-order chi connectivity index (χ1) is 8.61. The van der Waals surface area contributed by atoms with Crippen LogP contribution >= 0.6 is 15.9 Å². The molecule has 0 saturated carbocycles. The van der Waals surface area contributed by atoms with Gasteiger partial charge in [0.15, 0.2) is 0 Å². The third-order valence-corrected chi connectivity index (χ3v) is 3.47. The summed E-state index contributed by atoms with van der Waals surface area (Å²) in [7, 11) is 4.27. The van der Waals surface area contributed by atoms with Crippen molar-refractivity contribution in [2.24, 2.45) is 0 Å². The smallest absolute Gasteiger partial charge is 0.0178 e. The van der Waals surface area contributed by atoms with E-state index >= 15 is 0 Å². The van der Waals surface area contributed by atoms with Crippen LogP contribution in [-0.2, 0) is 6.42 Å². The lowest BCUT2D eigenvalue weighted by Gasteiger charge is -2.21. The standard InChI is InChI=1S/C15H25BrN2/c1-4-9-17-15(8-10-18(2)3)12-13-6-5-7-14(16)11-13/h5-7,11,15,17H,4,8-10,12H2,1-3H3. The fourth-order valence-corrected chi connectivity index (χ4v) is 2.43. The van der Waals surface area contributed by atoms with Crippen molar-refractivity contribution in [3.63, 3.8) is 0 Å². The molecule has 0 radical (unpaired) electrons. The molecule has 0 aliphatic rings. The number of nitrogens with zero attached hydrogens (tertiary/aromatic N) is 1. The zero-order chi connectivity index (χ0) is 13.4. The third kappa shape index (κ3) is 6.53. The highest BCUT2D eigenvalue weighted by Gasteiger charge is 2.09. The van der Waals surface area contributed by atoms with Crippen LogP contribution in [-0.4, -0.2) is 38.1 Å². The van der Waals surface area contributed by atoms with Crippen molar-refractivity contribution in [1.82, 2.24) is 10.2 Å². The van der Waals surface area contributed by atoms with E-state index in [2.05, 4.69) is 71.4 Å². The van der Waals surface area contributed by atoms with Crippen molar-refractivity contribution < 1.29 is 0 Å². The topological polar surface area (TPSA) is 15.3 Å². The Balaban J connectivity index is 2.53. The van der Waals surface area contributed by atoms with Crippen molar-refractivity contribution in [2.75, 3.05) is 27.2 Å². The summed E-state index contributed by atoms with van der Waals surface area (Å²) in [5, 5.41) is 3.65. The maximum atomic E-state index is 3.65. The van der Waals surface area contributed by atoms with Crippen LogP contribution < -0.4 is 5.32 Å². The number of hydrogen-bond acceptors (Lipinski definition) is 2. The summed E-state index contributed by atoms with van der Waals surface area (Å²) in [5.74, 6) is 0. The van der Waals surface area contributed by atoms with Gasteiger partial charge in [-0.3, -0.25) is 0 Å². The lowest BCUT2D eigenvalue weighted by atomic mass is 10.0. The summed E-state index contributed by atoms with van der Waals surface area (Å²) in [5.41, 5.74) is 1.40. The molecule has 1 N–H and O–H groups in total. The van der Waals surface area contributed by atoms with Gasteiger partial charge in [0.1, 0.15) is 0 Å². The summed E-state index contributed by atoms with van der Waals surface area (Å²) < 4.78 is 1.17. The van der Waals surface area contributed by atoms with Crippen LogP contribution in [0, 0.1) is 0 Å². The van der Waals surface area contributed by atoms with Gasteiger partial charge >= 0.3 is 0 Å². The first-order valence-electron chi connectivity index (χ1n) is 6.74. The maximum absolute atomic E-state index is 3.65. The molecule has 1 atom stereocenters. The van der Waals surface area contributed by atoms with Crippen LogP contribution in [0.2, 0.25) is 0 Å². The number of nitrogens with one attached hydrogen (secondary N) is 1. The summed E-state index contributed by atoms with van der Waals surface area (Å²) >= 11 is 3.54. The van der Waals surface area contributed by atoms with Crippen molar-refractivity contribution in [3.8, 4) is 0 Å². The highest BCUT2D eigenvalue weighted by molar-refractivity contribution is 9.10. The van der Waals surface area contributed by atoms with E-state index in [1.165, 1.54) is 22.9 Å². The second-order valence-electron chi connectivity index (χ2n) is 5.08. The maximum Gasteiger partial charge on any atom is 0.0178 e. The molecule has 0 fully saturated rings. The monoisotopic (exact) mass is 312 g/mol. The van der Waals surface area contributed by atoms with Crippen LogP contribution in [0.5, 0.6) is 0 Å². The van der Waals surface area contributed by atoms with E-state index < -0.39 is 0 Å². The summed E-state index contributed by atoms with van der Waals surface area (Å²) in [6.45, 7) is 4.45. The van der Waals surface area contributed by atoms with Gasteiger partial charge in [0.25, 0.3) is 0 Å². The molecule has 1 unspecified atom stereocenters. The Labute approximate surface area is 120 Å². The fraction of sp³-hybridized carbons (Fsp3) is 0.600. The van der Waals surface area contributed by atoms with E-state index in [0.29, 0.717) is 6.04 Å². The zero-order valence-corrected chi connectivity index (χ0v) is 13.3. The molecule has 3 heteroatoms. The molecule has 0 aliphatic carbocycles. The van der Waals surface area contributed by atoms with Gasteiger partial charge in [-0.05, 0) is 64.1 Å². The first-order valence-corrected chi connectivity index (χ1v) is 7.53. The fourth-order valence-electron chi connectivity index (χ4n) is 1.99. The number of hydrogen-bond donors (Lipinski definition) is 1. The van der Waals surface area contributed by atoms with Gasteiger partial charge in [-0.25, -0.2) is 0 Å². The van der Waals surface area contributed by atoms with Crippen molar-refractivity contribution in [3.05, 3.63) is 34.3 Å². The average molecular weight is 313 g/mol. The predicted octanol–water partition coefficient (Wildman–Crippen LogP) is 3.31. The van der Waals surface area contributed by atoms with Gasteiger partial charge in [0.2, 0.25) is 0 Å². The highest BCUT2D eigenvalue weighted by Crippen LogP contribution is 2.14. The summed E-state index contributed by atoms with van der Waals surface area (Å²) in [4.78, 5) is 2.25. The van der Waals surface area contributed by atoms with E-state index in [-0.39, 0.29) is 0 Å². The third-order valence-electron chi connectivity index (χ3n) is 2.98. The summed E-state index contributed by atoms with van der Waals surface area (Å²) in [6, 6.07) is 9.19. The molecule has 0 aliphatic heterocycles. The Kier molecular flexibility index (Phi) is 7.56. The van der Waals surface area contributed by atoms with Crippen LogP contribution in [0.25, 0.3) is 0 Å². The highest BCUT2D eigenvalue weighted by atomic mass is 79.9. The lowest BCUT2D eigenvalue weighted by Crippen LogP contribution is -2.34. The Bertz CT molecular complexity index is 339. The molecule has 1 rings (SSSR count). The quantitative estimate of drug-likeness (QED) is 0.792. The molecule has 102 valence electrons. The van der Waals surface area contributed by atoms with Crippen molar-refractivity contribution >= 4 is 15.9 Å². The Morgan fingerprint density at radius 3 is 2.72 bits per heavy atom. The van der Waals surface area contributed by atoms with Crippen LogP contribution in [0.4, 0.5) is 0 Å². The normalized spacial score (nSPS) is 12.9. The van der Waals surface area contributed by atoms with Gasteiger partial charge in [0, 0.05) is 10.5 Å². The zero-order valence-electron chi connectivity index (χ0n) is 11.7. The molecular weight excluding hydrogens is 288 g/mol. The molecule has 0 bridgehead atoms. The molecule has 0 heterocycles. The van der Waals surface area contributed by atoms with E-state index in [1.807, 2.05) is 0 Å². The molecule has 0 saturated heterocycles. The minimum atomic E-state index is 0.571. The van der Waals surface area contributed by atoms with E-state index in [4.69, 9.17) is 0 Å². The van der Waals surface area contributed by atoms with Gasteiger partial charge in [-0.1, -0.05) is 35.0 Å². The molecule has 0 amide bonds. The van der Waals surface area contributed by atoms with Crippen LogP contribution in [0.15, 0.2) is 28.7 Å². The Morgan fingerprint density at radius 1 is 1.33 bits per heavy atom. The minimum Gasteiger partial charge on any atom is -0.314 e. The minimum absolute atomic E-state index is 0.571. The largest absolute Gasteiger partial charge is 0.314 e. The summed E-state index contributed by atoms with van der Waals surface area (Å²) in [6.07, 6.45) is 3.49. The molecule has 18 heavy (non-hydrogen) atoms. The molecule has 2 nitrogen and oxygen atoms in total. The average Bonchev–Trinajstić information content (AvgIpc) is 2.32. The SMILES string of the molecule is CCCNC(CCN(C)C)Cc1cccc(Br)c1. The molecule has 1 aromatic carbocycles. The number of halogens is 1. The molecular formula is C15H25BrN2. The number of rotatable bonds is 8. The Morgan fingerprint density at radius 2 is 2.11 bits per heavy atom. The second-order valence-corrected chi connectivity index (χ2v) is 5.99. The first kappa shape index (κ1) is 15.7. The second kappa shape index (κ2) is 8.68. The lowest BCUT2D eigenvalue weighted by molar-refractivity contribution is 0.356. The van der Waals surface area contributed by atoms with Crippen molar-refractivity contribution in [1.29, 1.82) is 0 Å². The van der Waals surface area contributed by atoms with E-state index in [9.17, 15) is 0 Å². The van der Waals surface area contributed by atoms with Gasteiger partial charge in [0.05, 0.1) is 0 Å². The van der Waals surface area contributed by atoms with Gasteiger partial charge in [-0.15, -0.1) is 0 Å². The molecule has 1 aromatic rings. The van der Waals surface area contributed by atoms with Crippen molar-refractivity contribution in [2.45, 2.75) is 32.2 Å². The number of benzene rings is 1. The molecule has 0 spiro atoms. The van der Waals surface area contributed by atoms with Crippen LogP contribution in [0.1, 0.15) is 25.3 Å². The van der Waals surface area contributed by atoms with Gasteiger partial charge in [-0.2, -0.15) is 0 Å². The van der Waals surface area contributed by atoms with E-state index in [0.717, 1.165) is 19.5 Å². The Hall–Kier alpha value is -0.380.